The average molecular weight is 290 g/mol. The van der Waals surface area contributed by atoms with Crippen molar-refractivity contribution in [1.29, 1.82) is 0 Å². The van der Waals surface area contributed by atoms with Crippen molar-refractivity contribution in [2.75, 3.05) is 13.1 Å². The van der Waals surface area contributed by atoms with E-state index in [2.05, 4.69) is 15.9 Å². The largest absolute Gasteiger partial charge is 0.338 e. The topological polar surface area (TPSA) is 20.3 Å². The molecule has 1 saturated heterocycles. The number of nitrogens with zero attached hydrogens (tertiary/aromatic N) is 1. The molecule has 5 heteroatoms. The van der Waals surface area contributed by atoms with E-state index in [0.717, 1.165) is 12.1 Å². The quantitative estimate of drug-likeness (QED) is 0.728. The lowest BCUT2D eigenvalue weighted by Gasteiger charge is -2.37. The standard InChI is InChI=1S/C11H10BrF2NO/c1-6-4-15(5-6)11(16)7-2-8(13)10(12)9(14)3-7/h2-3,6H,4-5H2,1H3. The Kier molecular flexibility index (Phi) is 2.97. The molecule has 0 aliphatic carbocycles. The third-order valence-corrected chi connectivity index (χ3v) is 3.34. The summed E-state index contributed by atoms with van der Waals surface area (Å²) in [5.74, 6) is -1.36. The van der Waals surface area contributed by atoms with Crippen LogP contribution in [-0.4, -0.2) is 23.9 Å². The van der Waals surface area contributed by atoms with Crippen LogP contribution >= 0.6 is 15.9 Å². The molecule has 16 heavy (non-hydrogen) atoms. The lowest BCUT2D eigenvalue weighted by Crippen LogP contribution is -2.48. The van der Waals surface area contributed by atoms with Gasteiger partial charge < -0.3 is 4.90 Å². The van der Waals surface area contributed by atoms with E-state index in [1.165, 1.54) is 0 Å². The highest BCUT2D eigenvalue weighted by molar-refractivity contribution is 9.10. The summed E-state index contributed by atoms with van der Waals surface area (Å²) in [5.41, 5.74) is 0.0603. The number of halogens is 3. The smallest absolute Gasteiger partial charge is 0.254 e. The molecular weight excluding hydrogens is 280 g/mol. The van der Waals surface area contributed by atoms with E-state index in [0.29, 0.717) is 19.0 Å². The minimum Gasteiger partial charge on any atom is -0.338 e. The maximum atomic E-state index is 13.2. The second kappa shape index (κ2) is 4.13. The van der Waals surface area contributed by atoms with Gasteiger partial charge in [0.05, 0.1) is 4.47 Å². The van der Waals surface area contributed by atoms with Crippen molar-refractivity contribution in [1.82, 2.24) is 4.90 Å². The Morgan fingerprint density at radius 2 is 1.88 bits per heavy atom. The van der Waals surface area contributed by atoms with Crippen molar-refractivity contribution in [3.8, 4) is 0 Å². The van der Waals surface area contributed by atoms with Gasteiger partial charge in [-0.05, 0) is 34.0 Å². The fourth-order valence-electron chi connectivity index (χ4n) is 1.73. The summed E-state index contributed by atoms with van der Waals surface area (Å²) >= 11 is 2.77. The summed E-state index contributed by atoms with van der Waals surface area (Å²) in [5, 5.41) is 0. The second-order valence-electron chi connectivity index (χ2n) is 4.07. The first-order valence-corrected chi connectivity index (χ1v) is 5.72. The molecule has 2 nitrogen and oxygen atoms in total. The van der Waals surface area contributed by atoms with E-state index >= 15 is 0 Å². The van der Waals surface area contributed by atoms with Gasteiger partial charge in [-0.2, -0.15) is 0 Å². The lowest BCUT2D eigenvalue weighted by atomic mass is 10.0. The van der Waals surface area contributed by atoms with Crippen LogP contribution in [0.15, 0.2) is 16.6 Å². The average Bonchev–Trinajstić information content (AvgIpc) is 2.19. The zero-order valence-corrected chi connectivity index (χ0v) is 10.2. The second-order valence-corrected chi connectivity index (χ2v) is 4.86. The third-order valence-electron chi connectivity index (χ3n) is 2.58. The number of hydrogen-bond acceptors (Lipinski definition) is 1. The van der Waals surface area contributed by atoms with Crippen molar-refractivity contribution in [2.45, 2.75) is 6.92 Å². The maximum absolute atomic E-state index is 13.2. The molecule has 1 aliphatic heterocycles. The molecule has 0 unspecified atom stereocenters. The van der Waals surface area contributed by atoms with Gasteiger partial charge in [-0.15, -0.1) is 0 Å². The highest BCUT2D eigenvalue weighted by atomic mass is 79.9. The van der Waals surface area contributed by atoms with E-state index in [4.69, 9.17) is 0 Å². The Bertz CT molecular complexity index is 421. The fourth-order valence-corrected chi connectivity index (χ4v) is 1.96. The number of amides is 1. The minimum atomic E-state index is -0.753. The van der Waals surface area contributed by atoms with E-state index in [1.807, 2.05) is 6.92 Å². The van der Waals surface area contributed by atoms with E-state index in [1.54, 1.807) is 4.90 Å². The molecule has 1 aromatic carbocycles. The monoisotopic (exact) mass is 289 g/mol. The van der Waals surface area contributed by atoms with Crippen molar-refractivity contribution in [3.63, 3.8) is 0 Å². The summed E-state index contributed by atoms with van der Waals surface area (Å²) in [7, 11) is 0. The number of rotatable bonds is 1. The van der Waals surface area contributed by atoms with Crippen LogP contribution in [0.1, 0.15) is 17.3 Å². The van der Waals surface area contributed by atoms with Gasteiger partial charge >= 0.3 is 0 Å². The van der Waals surface area contributed by atoms with Crippen LogP contribution in [-0.2, 0) is 0 Å². The van der Waals surface area contributed by atoms with Crippen LogP contribution in [0.25, 0.3) is 0 Å². The van der Waals surface area contributed by atoms with Gasteiger partial charge in [-0.1, -0.05) is 6.92 Å². The Morgan fingerprint density at radius 1 is 1.38 bits per heavy atom. The number of benzene rings is 1. The summed E-state index contributed by atoms with van der Waals surface area (Å²) in [4.78, 5) is 13.3. The molecule has 1 amide bonds. The molecule has 2 rings (SSSR count). The molecule has 0 saturated carbocycles. The van der Waals surface area contributed by atoms with Gasteiger partial charge in [0.25, 0.3) is 5.91 Å². The van der Waals surface area contributed by atoms with E-state index in [-0.39, 0.29) is 15.9 Å². The van der Waals surface area contributed by atoms with Crippen molar-refractivity contribution in [3.05, 3.63) is 33.8 Å². The molecule has 0 radical (unpaired) electrons. The van der Waals surface area contributed by atoms with Gasteiger partial charge in [-0.3, -0.25) is 4.79 Å². The molecule has 0 aromatic heterocycles. The number of carbonyl (C=O) groups is 1. The highest BCUT2D eigenvalue weighted by Crippen LogP contribution is 2.24. The third kappa shape index (κ3) is 1.96. The maximum Gasteiger partial charge on any atom is 0.254 e. The minimum absolute atomic E-state index is 0.0603. The van der Waals surface area contributed by atoms with Gasteiger partial charge in [-0.25, -0.2) is 8.78 Å². The van der Waals surface area contributed by atoms with Crippen LogP contribution in [0.5, 0.6) is 0 Å². The van der Waals surface area contributed by atoms with Crippen molar-refractivity contribution < 1.29 is 13.6 Å². The summed E-state index contributed by atoms with van der Waals surface area (Å²) in [6, 6.07) is 2.11. The zero-order valence-electron chi connectivity index (χ0n) is 8.64. The highest BCUT2D eigenvalue weighted by Gasteiger charge is 2.28. The van der Waals surface area contributed by atoms with Gasteiger partial charge in [0.2, 0.25) is 0 Å². The molecule has 0 bridgehead atoms. The van der Waals surface area contributed by atoms with Crippen molar-refractivity contribution in [2.24, 2.45) is 5.92 Å². The molecule has 86 valence electrons. The first-order valence-electron chi connectivity index (χ1n) is 4.93. The summed E-state index contributed by atoms with van der Waals surface area (Å²) in [6.45, 7) is 3.32. The van der Waals surface area contributed by atoms with Crippen LogP contribution < -0.4 is 0 Å². The molecule has 0 atom stereocenters. The number of likely N-dealkylation sites (tertiary alicyclic amines) is 1. The first kappa shape index (κ1) is 11.5. The van der Waals surface area contributed by atoms with Gasteiger partial charge in [0, 0.05) is 18.7 Å². The lowest BCUT2D eigenvalue weighted by molar-refractivity contribution is 0.0529. The van der Waals surface area contributed by atoms with Crippen molar-refractivity contribution >= 4 is 21.8 Å². The van der Waals surface area contributed by atoms with Crippen LogP contribution in [0.2, 0.25) is 0 Å². The molecule has 1 aliphatic rings. The Balaban J connectivity index is 2.24. The molecular formula is C11H10BrF2NO. The summed E-state index contributed by atoms with van der Waals surface area (Å²) in [6.07, 6.45) is 0. The first-order chi connectivity index (χ1) is 7.49. The SMILES string of the molecule is CC1CN(C(=O)c2cc(F)c(Br)c(F)c2)C1. The van der Waals surface area contributed by atoms with E-state index < -0.39 is 11.6 Å². The van der Waals surface area contributed by atoms with Crippen LogP contribution in [0, 0.1) is 17.6 Å². The Hall–Kier alpha value is -0.970. The zero-order chi connectivity index (χ0) is 11.9. The van der Waals surface area contributed by atoms with Gasteiger partial charge in [0.15, 0.2) is 0 Å². The molecule has 0 spiro atoms. The molecule has 1 heterocycles. The van der Waals surface area contributed by atoms with E-state index in [9.17, 15) is 13.6 Å². The molecule has 1 fully saturated rings. The summed E-state index contributed by atoms with van der Waals surface area (Å²) < 4.78 is 26.2. The number of carbonyl (C=O) groups excluding carboxylic acids is 1. The predicted octanol–water partition coefficient (Wildman–Crippen LogP) is 2.82. The normalized spacial score (nSPS) is 16.1. The van der Waals surface area contributed by atoms with Crippen LogP contribution in [0.3, 0.4) is 0 Å². The Labute approximate surface area is 100 Å². The van der Waals surface area contributed by atoms with Crippen LogP contribution in [0.4, 0.5) is 8.78 Å². The predicted molar refractivity (Wildman–Crippen MR) is 59.1 cm³/mol. The Morgan fingerprint density at radius 3 is 2.31 bits per heavy atom. The number of hydrogen-bond donors (Lipinski definition) is 0. The van der Waals surface area contributed by atoms with Gasteiger partial charge in [0.1, 0.15) is 11.6 Å². The fraction of sp³-hybridized carbons (Fsp3) is 0.364. The molecule has 0 N–H and O–H groups in total. The molecule has 1 aromatic rings.